The van der Waals surface area contributed by atoms with Gasteiger partial charge in [0.25, 0.3) is 0 Å². The molecule has 1 N–H and O–H groups in total. The lowest BCUT2D eigenvalue weighted by Gasteiger charge is -2.09. The van der Waals surface area contributed by atoms with Crippen molar-refractivity contribution in [2.45, 2.75) is 6.42 Å². The molecule has 0 bridgehead atoms. The zero-order valence-electron chi connectivity index (χ0n) is 9.80. The second-order valence-corrected chi connectivity index (χ2v) is 4.11. The fraction of sp³-hybridized carbons (Fsp3) is 0.214. The van der Waals surface area contributed by atoms with Crippen LogP contribution in [0.3, 0.4) is 0 Å². The van der Waals surface area contributed by atoms with Gasteiger partial charge in [-0.1, -0.05) is 0 Å². The third kappa shape index (κ3) is 2.09. The van der Waals surface area contributed by atoms with Crippen LogP contribution in [0.25, 0.3) is 11.3 Å². The first kappa shape index (κ1) is 10.9. The summed E-state index contributed by atoms with van der Waals surface area (Å²) in [4.78, 5) is 4.17. The summed E-state index contributed by atoms with van der Waals surface area (Å²) in [7, 11) is 0. The van der Waals surface area contributed by atoms with Crippen molar-refractivity contribution in [1.82, 2.24) is 4.98 Å². The van der Waals surface area contributed by atoms with Crippen molar-refractivity contribution < 1.29 is 14.6 Å². The molecule has 1 aromatic heterocycles. The van der Waals surface area contributed by atoms with E-state index in [1.165, 1.54) is 6.20 Å². The Balaban J connectivity index is 1.98. The van der Waals surface area contributed by atoms with E-state index in [4.69, 9.17) is 9.47 Å². The molecule has 2 aromatic rings. The third-order valence-electron chi connectivity index (χ3n) is 2.79. The van der Waals surface area contributed by atoms with Crippen LogP contribution in [0.15, 0.2) is 36.5 Å². The van der Waals surface area contributed by atoms with Crippen LogP contribution in [0.4, 0.5) is 0 Å². The van der Waals surface area contributed by atoms with Crippen LogP contribution in [-0.4, -0.2) is 23.3 Å². The van der Waals surface area contributed by atoms with Gasteiger partial charge in [-0.2, -0.15) is 0 Å². The van der Waals surface area contributed by atoms with E-state index in [0.29, 0.717) is 13.2 Å². The summed E-state index contributed by atoms with van der Waals surface area (Å²) < 4.78 is 11.2. The molecule has 0 aliphatic carbocycles. The van der Waals surface area contributed by atoms with Gasteiger partial charge in [-0.3, -0.25) is 4.98 Å². The molecule has 1 aliphatic rings. The summed E-state index contributed by atoms with van der Waals surface area (Å²) in [5.41, 5.74) is 1.74. The molecule has 0 fully saturated rings. The number of hydrogen-bond donors (Lipinski definition) is 1. The SMILES string of the molecule is Oc1ccc(-c2ccc3c(c2)OCCCO3)nc1. The molecule has 18 heavy (non-hydrogen) atoms. The van der Waals surface area contributed by atoms with E-state index in [9.17, 15) is 5.11 Å². The monoisotopic (exact) mass is 243 g/mol. The van der Waals surface area contributed by atoms with Gasteiger partial charge in [0.05, 0.1) is 25.1 Å². The first-order valence-electron chi connectivity index (χ1n) is 5.88. The molecule has 0 saturated carbocycles. The molecule has 0 spiro atoms. The van der Waals surface area contributed by atoms with Crippen molar-refractivity contribution in [3.63, 3.8) is 0 Å². The summed E-state index contributed by atoms with van der Waals surface area (Å²) in [6.07, 6.45) is 2.32. The van der Waals surface area contributed by atoms with Crippen LogP contribution in [0.5, 0.6) is 17.2 Å². The Hall–Kier alpha value is -2.23. The van der Waals surface area contributed by atoms with Gasteiger partial charge < -0.3 is 14.6 Å². The summed E-state index contributed by atoms with van der Waals surface area (Å²) >= 11 is 0. The minimum atomic E-state index is 0.160. The molecule has 4 nitrogen and oxygen atoms in total. The van der Waals surface area contributed by atoms with Crippen LogP contribution < -0.4 is 9.47 Å². The van der Waals surface area contributed by atoms with Gasteiger partial charge in [-0.15, -0.1) is 0 Å². The predicted molar refractivity (Wildman–Crippen MR) is 66.9 cm³/mol. The van der Waals surface area contributed by atoms with Crippen LogP contribution in [0.2, 0.25) is 0 Å². The molecule has 1 aliphatic heterocycles. The van der Waals surface area contributed by atoms with Crippen LogP contribution in [0, 0.1) is 0 Å². The fourth-order valence-electron chi connectivity index (χ4n) is 1.88. The van der Waals surface area contributed by atoms with E-state index in [2.05, 4.69) is 4.98 Å². The Kier molecular flexibility index (Phi) is 2.76. The topological polar surface area (TPSA) is 51.6 Å². The summed E-state index contributed by atoms with van der Waals surface area (Å²) in [5.74, 6) is 1.68. The zero-order chi connectivity index (χ0) is 12.4. The van der Waals surface area contributed by atoms with Gasteiger partial charge in [-0.05, 0) is 30.3 Å². The number of aromatic nitrogens is 1. The number of aromatic hydroxyl groups is 1. The first-order chi connectivity index (χ1) is 8.83. The molecular weight excluding hydrogens is 230 g/mol. The molecular formula is C14H13NO3. The number of fused-ring (bicyclic) bond motifs is 1. The van der Waals surface area contributed by atoms with Crippen molar-refractivity contribution >= 4 is 0 Å². The zero-order valence-corrected chi connectivity index (χ0v) is 9.80. The van der Waals surface area contributed by atoms with Gasteiger partial charge in [-0.25, -0.2) is 0 Å². The second-order valence-electron chi connectivity index (χ2n) is 4.11. The molecule has 0 amide bonds. The lowest BCUT2D eigenvalue weighted by molar-refractivity contribution is 0.297. The molecule has 92 valence electrons. The third-order valence-corrected chi connectivity index (χ3v) is 2.79. The second kappa shape index (κ2) is 4.56. The van der Waals surface area contributed by atoms with Crippen molar-refractivity contribution in [3.8, 4) is 28.5 Å². The molecule has 4 heteroatoms. The highest BCUT2D eigenvalue weighted by atomic mass is 16.5. The minimum Gasteiger partial charge on any atom is -0.506 e. The number of pyridine rings is 1. The average molecular weight is 243 g/mol. The van der Waals surface area contributed by atoms with E-state index in [0.717, 1.165) is 29.2 Å². The molecule has 1 aromatic carbocycles. The largest absolute Gasteiger partial charge is 0.506 e. The van der Waals surface area contributed by atoms with Crippen molar-refractivity contribution in [2.75, 3.05) is 13.2 Å². The molecule has 0 atom stereocenters. The van der Waals surface area contributed by atoms with Gasteiger partial charge in [0.15, 0.2) is 11.5 Å². The van der Waals surface area contributed by atoms with E-state index < -0.39 is 0 Å². The molecule has 0 saturated heterocycles. The van der Waals surface area contributed by atoms with Crippen LogP contribution in [0.1, 0.15) is 6.42 Å². The molecule has 3 rings (SSSR count). The van der Waals surface area contributed by atoms with Crippen LogP contribution in [-0.2, 0) is 0 Å². The Labute approximate surface area is 105 Å². The van der Waals surface area contributed by atoms with E-state index >= 15 is 0 Å². The number of nitrogens with zero attached hydrogens (tertiary/aromatic N) is 1. The molecule has 0 radical (unpaired) electrons. The first-order valence-corrected chi connectivity index (χ1v) is 5.88. The quantitative estimate of drug-likeness (QED) is 0.836. The Morgan fingerprint density at radius 1 is 1.00 bits per heavy atom. The average Bonchev–Trinajstić information content (AvgIpc) is 2.64. The Morgan fingerprint density at radius 3 is 2.61 bits per heavy atom. The van der Waals surface area contributed by atoms with Crippen molar-refractivity contribution in [2.24, 2.45) is 0 Å². The Morgan fingerprint density at radius 2 is 1.83 bits per heavy atom. The van der Waals surface area contributed by atoms with Gasteiger partial charge in [0, 0.05) is 12.0 Å². The maximum Gasteiger partial charge on any atom is 0.161 e. The van der Waals surface area contributed by atoms with E-state index in [1.807, 2.05) is 18.2 Å². The number of benzene rings is 1. The number of hydrogen-bond acceptors (Lipinski definition) is 4. The van der Waals surface area contributed by atoms with Gasteiger partial charge in [0.2, 0.25) is 0 Å². The van der Waals surface area contributed by atoms with E-state index in [-0.39, 0.29) is 5.75 Å². The van der Waals surface area contributed by atoms with Crippen molar-refractivity contribution in [1.29, 1.82) is 0 Å². The van der Waals surface area contributed by atoms with Gasteiger partial charge >= 0.3 is 0 Å². The van der Waals surface area contributed by atoms with Crippen molar-refractivity contribution in [3.05, 3.63) is 36.5 Å². The highest BCUT2D eigenvalue weighted by molar-refractivity contribution is 5.64. The Bertz CT molecular complexity index is 551. The maximum atomic E-state index is 9.23. The normalized spacial score (nSPS) is 14.0. The lowest BCUT2D eigenvalue weighted by atomic mass is 10.1. The van der Waals surface area contributed by atoms with Crippen LogP contribution >= 0.6 is 0 Å². The number of ether oxygens (including phenoxy) is 2. The highest BCUT2D eigenvalue weighted by Gasteiger charge is 2.11. The molecule has 2 heterocycles. The van der Waals surface area contributed by atoms with E-state index in [1.54, 1.807) is 12.1 Å². The maximum absolute atomic E-state index is 9.23. The fourth-order valence-corrected chi connectivity index (χ4v) is 1.88. The standard InChI is InChI=1S/C14H13NO3/c16-11-3-4-12(15-9-11)10-2-5-13-14(8-10)18-7-1-6-17-13/h2-5,8-9,16H,1,6-7H2. The number of rotatable bonds is 1. The molecule has 0 unspecified atom stereocenters. The summed E-state index contributed by atoms with van der Waals surface area (Å²) in [6, 6.07) is 9.14. The minimum absolute atomic E-state index is 0.160. The predicted octanol–water partition coefficient (Wildman–Crippen LogP) is 2.62. The van der Waals surface area contributed by atoms with Gasteiger partial charge in [0.1, 0.15) is 5.75 Å². The summed E-state index contributed by atoms with van der Waals surface area (Å²) in [5, 5.41) is 9.23. The summed E-state index contributed by atoms with van der Waals surface area (Å²) in [6.45, 7) is 1.35. The lowest BCUT2D eigenvalue weighted by Crippen LogP contribution is -1.97. The smallest absolute Gasteiger partial charge is 0.161 e. The highest BCUT2D eigenvalue weighted by Crippen LogP contribution is 2.33.